The second-order valence-electron chi connectivity index (χ2n) is 6.05. The Morgan fingerprint density at radius 2 is 2.14 bits per heavy atom. The molecule has 1 heterocycles. The molecule has 1 saturated carbocycles. The largest absolute Gasteiger partial charge is 0.459 e. The van der Waals surface area contributed by atoms with Crippen molar-refractivity contribution in [2.75, 3.05) is 7.11 Å². The van der Waals surface area contributed by atoms with Gasteiger partial charge >= 0.3 is 0 Å². The van der Waals surface area contributed by atoms with Gasteiger partial charge in [0.1, 0.15) is 11.3 Å². The van der Waals surface area contributed by atoms with Crippen LogP contribution < -0.4 is 5.32 Å². The molecule has 1 fully saturated rings. The fourth-order valence-corrected chi connectivity index (χ4v) is 3.57. The van der Waals surface area contributed by atoms with Gasteiger partial charge in [-0.2, -0.15) is 0 Å². The molecule has 3 rings (SSSR count). The molecule has 0 amide bonds. The van der Waals surface area contributed by atoms with Crippen molar-refractivity contribution in [1.82, 2.24) is 5.32 Å². The zero-order valence-corrected chi connectivity index (χ0v) is 13.2. The highest BCUT2D eigenvalue weighted by molar-refractivity contribution is 5.82. The molecule has 3 unspecified atom stereocenters. The summed E-state index contributed by atoms with van der Waals surface area (Å²) in [6, 6.07) is 9.11. The highest BCUT2D eigenvalue weighted by atomic mass is 16.5. The number of fused-ring (bicyclic) bond motifs is 1. The number of hydrogen-bond donors (Lipinski definition) is 1. The van der Waals surface area contributed by atoms with Crippen molar-refractivity contribution in [1.29, 1.82) is 0 Å². The quantitative estimate of drug-likeness (QED) is 0.894. The summed E-state index contributed by atoms with van der Waals surface area (Å²) in [5.41, 5.74) is 2.34. The minimum Gasteiger partial charge on any atom is -0.459 e. The summed E-state index contributed by atoms with van der Waals surface area (Å²) in [6.07, 6.45) is 4.86. The number of ether oxygens (including phenoxy) is 1. The fourth-order valence-electron chi connectivity index (χ4n) is 3.57. The van der Waals surface area contributed by atoms with Crippen molar-refractivity contribution in [3.63, 3.8) is 0 Å². The standard InChI is InChI=1S/C18H25NO2/c1-4-15-16-7-5-6-8-17(16)21-18(15)12(2)19-13-9-10-14(11-13)20-3/h5-8,12-14,19H,4,9-11H2,1-3H3. The molecule has 3 atom stereocenters. The number of benzene rings is 1. The molecule has 1 aliphatic rings. The van der Waals surface area contributed by atoms with Crippen molar-refractivity contribution in [3.8, 4) is 0 Å². The van der Waals surface area contributed by atoms with Crippen molar-refractivity contribution < 1.29 is 9.15 Å². The van der Waals surface area contributed by atoms with Gasteiger partial charge in [0.05, 0.1) is 12.1 Å². The molecule has 1 N–H and O–H groups in total. The molecule has 0 saturated heterocycles. The maximum atomic E-state index is 6.12. The third-order valence-electron chi connectivity index (χ3n) is 4.68. The Morgan fingerprint density at radius 3 is 2.86 bits per heavy atom. The Balaban J connectivity index is 1.79. The monoisotopic (exact) mass is 287 g/mol. The molecule has 0 spiro atoms. The Bertz CT molecular complexity index is 604. The van der Waals surface area contributed by atoms with Crippen molar-refractivity contribution in [3.05, 3.63) is 35.6 Å². The molecule has 1 aromatic carbocycles. The summed E-state index contributed by atoms with van der Waals surface area (Å²) in [6.45, 7) is 4.40. The Hall–Kier alpha value is -1.32. The third kappa shape index (κ3) is 2.85. The van der Waals surface area contributed by atoms with Crippen LogP contribution in [0.4, 0.5) is 0 Å². The number of methoxy groups -OCH3 is 1. The molecule has 1 aromatic heterocycles. The molecule has 2 aromatic rings. The van der Waals surface area contributed by atoms with Gasteiger partial charge in [-0.25, -0.2) is 0 Å². The van der Waals surface area contributed by atoms with Crippen LogP contribution in [-0.2, 0) is 11.2 Å². The van der Waals surface area contributed by atoms with E-state index < -0.39 is 0 Å². The average molecular weight is 287 g/mol. The number of aryl methyl sites for hydroxylation is 1. The van der Waals surface area contributed by atoms with E-state index in [1.165, 1.54) is 17.4 Å². The van der Waals surface area contributed by atoms with E-state index in [4.69, 9.17) is 9.15 Å². The van der Waals surface area contributed by atoms with E-state index in [-0.39, 0.29) is 6.04 Å². The second kappa shape index (κ2) is 6.20. The fraction of sp³-hybridized carbons (Fsp3) is 0.556. The Kier molecular flexibility index (Phi) is 4.32. The van der Waals surface area contributed by atoms with Crippen molar-refractivity contribution in [2.45, 2.75) is 57.7 Å². The van der Waals surface area contributed by atoms with Gasteiger partial charge in [0.15, 0.2) is 0 Å². The number of furan rings is 1. The predicted molar refractivity (Wildman–Crippen MR) is 85.6 cm³/mol. The first-order valence-corrected chi connectivity index (χ1v) is 8.02. The average Bonchev–Trinajstić information content (AvgIpc) is 3.10. The lowest BCUT2D eigenvalue weighted by Gasteiger charge is -2.19. The molecule has 21 heavy (non-hydrogen) atoms. The molecule has 3 heteroatoms. The summed E-state index contributed by atoms with van der Waals surface area (Å²) in [5, 5.41) is 4.98. The van der Waals surface area contributed by atoms with Crippen LogP contribution >= 0.6 is 0 Å². The van der Waals surface area contributed by atoms with Crippen LogP contribution in [0.2, 0.25) is 0 Å². The SMILES string of the molecule is CCc1c(C(C)NC2CCC(OC)C2)oc2ccccc12. The number of rotatable bonds is 5. The summed E-state index contributed by atoms with van der Waals surface area (Å²) >= 11 is 0. The Labute approximate surface area is 126 Å². The first-order valence-electron chi connectivity index (χ1n) is 8.02. The first kappa shape index (κ1) is 14.6. The van der Waals surface area contributed by atoms with Gasteiger partial charge in [-0.05, 0) is 38.7 Å². The van der Waals surface area contributed by atoms with E-state index in [2.05, 4.69) is 37.4 Å². The van der Waals surface area contributed by atoms with Crippen molar-refractivity contribution in [2.24, 2.45) is 0 Å². The van der Waals surface area contributed by atoms with Crippen LogP contribution in [0.25, 0.3) is 11.0 Å². The molecular formula is C18H25NO2. The lowest BCUT2D eigenvalue weighted by atomic mass is 10.0. The van der Waals surface area contributed by atoms with Crippen LogP contribution in [0.3, 0.4) is 0 Å². The van der Waals surface area contributed by atoms with Gasteiger partial charge in [0, 0.05) is 24.1 Å². The van der Waals surface area contributed by atoms with Gasteiger partial charge in [-0.1, -0.05) is 25.1 Å². The molecule has 3 nitrogen and oxygen atoms in total. The van der Waals surface area contributed by atoms with Crippen LogP contribution in [0.15, 0.2) is 28.7 Å². The van der Waals surface area contributed by atoms with E-state index in [1.807, 2.05) is 13.2 Å². The van der Waals surface area contributed by atoms with Crippen LogP contribution in [0.5, 0.6) is 0 Å². The zero-order valence-electron chi connectivity index (χ0n) is 13.2. The summed E-state index contributed by atoms with van der Waals surface area (Å²) < 4.78 is 11.6. The zero-order chi connectivity index (χ0) is 14.8. The number of hydrogen-bond acceptors (Lipinski definition) is 3. The van der Waals surface area contributed by atoms with E-state index >= 15 is 0 Å². The summed E-state index contributed by atoms with van der Waals surface area (Å²) in [7, 11) is 1.81. The van der Waals surface area contributed by atoms with E-state index in [0.717, 1.165) is 30.6 Å². The molecule has 114 valence electrons. The highest BCUT2D eigenvalue weighted by Crippen LogP contribution is 2.32. The predicted octanol–water partition coefficient (Wildman–Crippen LogP) is 4.21. The smallest absolute Gasteiger partial charge is 0.134 e. The second-order valence-corrected chi connectivity index (χ2v) is 6.05. The van der Waals surface area contributed by atoms with Crippen LogP contribution in [0.1, 0.15) is 50.5 Å². The lowest BCUT2D eigenvalue weighted by Crippen LogP contribution is -2.30. The number of para-hydroxylation sites is 1. The molecule has 1 aliphatic carbocycles. The minimum atomic E-state index is 0.243. The van der Waals surface area contributed by atoms with Gasteiger partial charge < -0.3 is 14.5 Å². The van der Waals surface area contributed by atoms with Gasteiger partial charge in [-0.3, -0.25) is 0 Å². The maximum Gasteiger partial charge on any atom is 0.134 e. The van der Waals surface area contributed by atoms with E-state index in [0.29, 0.717) is 12.1 Å². The lowest BCUT2D eigenvalue weighted by molar-refractivity contribution is 0.106. The van der Waals surface area contributed by atoms with Gasteiger partial charge in [-0.15, -0.1) is 0 Å². The van der Waals surface area contributed by atoms with Crippen molar-refractivity contribution >= 4 is 11.0 Å². The maximum absolute atomic E-state index is 6.12. The highest BCUT2D eigenvalue weighted by Gasteiger charge is 2.27. The molecular weight excluding hydrogens is 262 g/mol. The first-order chi connectivity index (χ1) is 10.2. The van der Waals surface area contributed by atoms with E-state index in [1.54, 1.807) is 0 Å². The topological polar surface area (TPSA) is 34.4 Å². The van der Waals surface area contributed by atoms with Crippen LogP contribution in [0, 0.1) is 0 Å². The molecule has 0 radical (unpaired) electrons. The summed E-state index contributed by atoms with van der Waals surface area (Å²) in [4.78, 5) is 0. The molecule has 0 bridgehead atoms. The normalized spacial score (nSPS) is 23.8. The van der Waals surface area contributed by atoms with Gasteiger partial charge in [0.25, 0.3) is 0 Å². The van der Waals surface area contributed by atoms with Crippen LogP contribution in [-0.4, -0.2) is 19.3 Å². The third-order valence-corrected chi connectivity index (χ3v) is 4.68. The van der Waals surface area contributed by atoms with Gasteiger partial charge in [0.2, 0.25) is 0 Å². The number of nitrogens with one attached hydrogen (secondary N) is 1. The summed E-state index contributed by atoms with van der Waals surface area (Å²) in [5.74, 6) is 1.10. The molecule has 0 aliphatic heterocycles. The van der Waals surface area contributed by atoms with E-state index in [9.17, 15) is 0 Å². The minimum absolute atomic E-state index is 0.243. The Morgan fingerprint density at radius 1 is 1.33 bits per heavy atom.